The number of nitrogens with zero attached hydrogens (tertiary/aromatic N) is 4. The van der Waals surface area contributed by atoms with Gasteiger partial charge in [-0.25, -0.2) is 4.98 Å². The molecule has 0 radical (unpaired) electrons. The van der Waals surface area contributed by atoms with Crippen LogP contribution in [-0.4, -0.2) is 27.2 Å². The van der Waals surface area contributed by atoms with Crippen LogP contribution >= 0.6 is 11.3 Å². The lowest BCUT2D eigenvalue weighted by Gasteiger charge is -2.31. The van der Waals surface area contributed by atoms with E-state index in [0.717, 1.165) is 57.9 Å². The summed E-state index contributed by atoms with van der Waals surface area (Å²) in [5.74, 6) is 0.0292. The first-order valence-electron chi connectivity index (χ1n) is 9.83. The summed E-state index contributed by atoms with van der Waals surface area (Å²) in [6.45, 7) is 4.76. The number of carbonyl (C=O) groups excluding carboxylic acids is 1. The number of hydrogen-bond acceptors (Lipinski definition) is 4. The average molecular weight is 403 g/mol. The molecule has 29 heavy (non-hydrogen) atoms. The zero-order valence-electron chi connectivity index (χ0n) is 16.8. The van der Waals surface area contributed by atoms with E-state index in [1.807, 2.05) is 42.5 Å². The first-order valence-corrected chi connectivity index (χ1v) is 10.7. The number of hydrogen-bond donors (Lipinski definition) is 0. The Bertz CT molecular complexity index is 1240. The summed E-state index contributed by atoms with van der Waals surface area (Å²) >= 11 is 1.63. The van der Waals surface area contributed by atoms with E-state index in [-0.39, 0.29) is 5.91 Å². The fourth-order valence-corrected chi connectivity index (χ4v) is 5.05. The van der Waals surface area contributed by atoms with Gasteiger partial charge in [-0.3, -0.25) is 9.48 Å². The fourth-order valence-electron chi connectivity index (χ4n) is 4.36. The molecule has 0 N–H and O–H groups in total. The highest BCUT2D eigenvalue weighted by molar-refractivity contribution is 7.13. The maximum absolute atomic E-state index is 13.9. The molecule has 0 saturated heterocycles. The van der Waals surface area contributed by atoms with Crippen LogP contribution in [0.2, 0.25) is 0 Å². The molecule has 1 aliphatic heterocycles. The van der Waals surface area contributed by atoms with Gasteiger partial charge in [0.25, 0.3) is 5.91 Å². The molecular weight excluding hydrogens is 380 g/mol. The molecule has 5 nitrogen and oxygen atoms in total. The first kappa shape index (κ1) is 18.1. The van der Waals surface area contributed by atoms with Crippen molar-refractivity contribution in [3.05, 3.63) is 64.2 Å². The lowest BCUT2D eigenvalue weighted by Crippen LogP contribution is -2.36. The second-order valence-corrected chi connectivity index (χ2v) is 8.53. The standard InChI is InChI=1S/C23H22N4OS/c1-14-7-4-8-16-9-5-11-27(21(14)16)23(28)17-13-18(19-10-6-12-29-19)24-22-20(17)15(2)25-26(22)3/h4,6-8,10,12-13H,5,9,11H2,1-3H3. The van der Waals surface area contributed by atoms with Gasteiger partial charge in [-0.1, -0.05) is 24.3 Å². The molecule has 1 amide bonds. The molecule has 1 aliphatic rings. The number of anilines is 1. The Morgan fingerprint density at radius 3 is 2.83 bits per heavy atom. The molecule has 0 aliphatic carbocycles. The third kappa shape index (κ3) is 2.86. The van der Waals surface area contributed by atoms with Crippen LogP contribution in [0.25, 0.3) is 21.6 Å². The predicted molar refractivity (Wildman–Crippen MR) is 118 cm³/mol. The molecule has 0 spiro atoms. The van der Waals surface area contributed by atoms with E-state index in [2.05, 4.69) is 30.2 Å². The summed E-state index contributed by atoms with van der Waals surface area (Å²) in [5.41, 5.74) is 6.53. The van der Waals surface area contributed by atoms with Gasteiger partial charge in [0.05, 0.1) is 32.9 Å². The first-order chi connectivity index (χ1) is 14.0. The molecule has 146 valence electrons. The Morgan fingerprint density at radius 2 is 2.03 bits per heavy atom. The number of fused-ring (bicyclic) bond motifs is 2. The number of benzene rings is 1. The molecule has 0 atom stereocenters. The number of pyridine rings is 1. The van der Waals surface area contributed by atoms with Gasteiger partial charge < -0.3 is 4.90 Å². The number of para-hydroxylation sites is 1. The summed E-state index contributed by atoms with van der Waals surface area (Å²) in [7, 11) is 1.88. The van der Waals surface area contributed by atoms with Crippen molar-refractivity contribution in [3.8, 4) is 10.6 Å². The van der Waals surface area contributed by atoms with Crippen molar-refractivity contribution in [2.75, 3.05) is 11.4 Å². The minimum absolute atomic E-state index is 0.0292. The molecule has 4 heterocycles. The third-order valence-electron chi connectivity index (χ3n) is 5.64. The Balaban J connectivity index is 1.72. The van der Waals surface area contributed by atoms with Crippen LogP contribution in [-0.2, 0) is 13.5 Å². The SMILES string of the molecule is Cc1cccc2c1N(C(=O)c1cc(-c3cccs3)nc3c1c(C)nn3C)CCC2. The van der Waals surface area contributed by atoms with E-state index in [9.17, 15) is 4.79 Å². The Kier molecular flexibility index (Phi) is 4.24. The second-order valence-electron chi connectivity index (χ2n) is 7.58. The maximum Gasteiger partial charge on any atom is 0.259 e. The van der Waals surface area contributed by atoms with Crippen LogP contribution in [0.5, 0.6) is 0 Å². The van der Waals surface area contributed by atoms with E-state index in [1.54, 1.807) is 16.0 Å². The normalized spacial score (nSPS) is 13.7. The highest BCUT2D eigenvalue weighted by Crippen LogP contribution is 2.35. The van der Waals surface area contributed by atoms with Crippen LogP contribution in [0.3, 0.4) is 0 Å². The Morgan fingerprint density at radius 1 is 1.17 bits per heavy atom. The minimum atomic E-state index is 0.0292. The predicted octanol–water partition coefficient (Wildman–Crippen LogP) is 4.91. The highest BCUT2D eigenvalue weighted by Gasteiger charge is 2.28. The number of thiophene rings is 1. The lowest BCUT2D eigenvalue weighted by molar-refractivity contribution is 0.0986. The van der Waals surface area contributed by atoms with Crippen molar-refractivity contribution in [1.29, 1.82) is 0 Å². The summed E-state index contributed by atoms with van der Waals surface area (Å²) in [6.07, 6.45) is 1.99. The largest absolute Gasteiger partial charge is 0.308 e. The molecule has 3 aromatic heterocycles. The van der Waals surface area contributed by atoms with Crippen molar-refractivity contribution in [3.63, 3.8) is 0 Å². The fraction of sp³-hybridized carbons (Fsp3) is 0.261. The van der Waals surface area contributed by atoms with Crippen LogP contribution < -0.4 is 4.90 Å². The van der Waals surface area contributed by atoms with E-state index < -0.39 is 0 Å². The third-order valence-corrected chi connectivity index (χ3v) is 6.53. The monoisotopic (exact) mass is 402 g/mol. The number of carbonyl (C=O) groups is 1. The van der Waals surface area contributed by atoms with Crippen molar-refractivity contribution in [2.45, 2.75) is 26.7 Å². The van der Waals surface area contributed by atoms with E-state index in [1.165, 1.54) is 5.56 Å². The quantitative estimate of drug-likeness (QED) is 0.479. The van der Waals surface area contributed by atoms with Gasteiger partial charge in [-0.05, 0) is 55.3 Å². The maximum atomic E-state index is 13.9. The van der Waals surface area contributed by atoms with E-state index >= 15 is 0 Å². The summed E-state index contributed by atoms with van der Waals surface area (Å²) in [5, 5.41) is 7.42. The smallest absolute Gasteiger partial charge is 0.259 e. The zero-order chi connectivity index (χ0) is 20.1. The second kappa shape index (κ2) is 6.81. The molecule has 0 saturated carbocycles. The number of rotatable bonds is 2. The van der Waals surface area contributed by atoms with E-state index in [0.29, 0.717) is 5.56 Å². The molecule has 4 aromatic rings. The average Bonchev–Trinajstić information content (AvgIpc) is 3.35. The summed E-state index contributed by atoms with van der Waals surface area (Å²) < 4.78 is 1.77. The summed E-state index contributed by atoms with van der Waals surface area (Å²) in [4.78, 5) is 21.7. The number of aromatic nitrogens is 3. The Hall–Kier alpha value is -2.99. The van der Waals surface area contributed by atoms with Gasteiger partial charge in [-0.15, -0.1) is 11.3 Å². The minimum Gasteiger partial charge on any atom is -0.308 e. The molecule has 6 heteroatoms. The number of amides is 1. The van der Waals surface area contributed by atoms with Gasteiger partial charge in [-0.2, -0.15) is 5.10 Å². The van der Waals surface area contributed by atoms with Gasteiger partial charge in [0.1, 0.15) is 0 Å². The van der Waals surface area contributed by atoms with Gasteiger partial charge in [0, 0.05) is 13.6 Å². The van der Waals surface area contributed by atoms with Gasteiger partial charge in [0.15, 0.2) is 5.65 Å². The van der Waals surface area contributed by atoms with Gasteiger partial charge in [0.2, 0.25) is 0 Å². The van der Waals surface area contributed by atoms with Crippen molar-refractivity contribution in [2.24, 2.45) is 7.05 Å². The molecule has 0 fully saturated rings. The van der Waals surface area contributed by atoms with Crippen molar-refractivity contribution < 1.29 is 4.79 Å². The van der Waals surface area contributed by atoms with Crippen LogP contribution in [0.4, 0.5) is 5.69 Å². The van der Waals surface area contributed by atoms with Crippen LogP contribution in [0, 0.1) is 13.8 Å². The molecule has 0 bridgehead atoms. The van der Waals surface area contributed by atoms with Crippen LogP contribution in [0.15, 0.2) is 41.8 Å². The highest BCUT2D eigenvalue weighted by atomic mass is 32.1. The Labute approximate surface area is 173 Å². The topological polar surface area (TPSA) is 51.0 Å². The van der Waals surface area contributed by atoms with Crippen molar-refractivity contribution in [1.82, 2.24) is 14.8 Å². The van der Waals surface area contributed by atoms with Gasteiger partial charge >= 0.3 is 0 Å². The lowest BCUT2D eigenvalue weighted by atomic mass is 9.97. The summed E-state index contributed by atoms with van der Waals surface area (Å²) in [6, 6.07) is 12.3. The number of aryl methyl sites for hydroxylation is 4. The molecule has 5 rings (SSSR count). The molecular formula is C23H22N4OS. The van der Waals surface area contributed by atoms with Crippen LogP contribution in [0.1, 0.15) is 33.6 Å². The zero-order valence-corrected chi connectivity index (χ0v) is 17.6. The van der Waals surface area contributed by atoms with E-state index in [4.69, 9.17) is 4.98 Å². The molecule has 0 unspecified atom stereocenters. The molecule has 1 aromatic carbocycles. The van der Waals surface area contributed by atoms with Crippen molar-refractivity contribution >= 4 is 34.0 Å².